The molecule has 0 aliphatic carbocycles. The SMILES string of the molecule is C[C@H](CS(=O)(=O)c1ccccc1)N[C@H](C)c1cccc(-n2cncn2)c1. The van der Waals surface area contributed by atoms with Crippen LogP contribution in [0.1, 0.15) is 25.5 Å². The highest BCUT2D eigenvalue weighted by molar-refractivity contribution is 7.91. The first kappa shape index (κ1) is 18.3. The molecule has 0 unspecified atom stereocenters. The van der Waals surface area contributed by atoms with Crippen molar-refractivity contribution in [2.75, 3.05) is 5.75 Å². The third-order valence-electron chi connectivity index (χ3n) is 4.16. The van der Waals surface area contributed by atoms with Gasteiger partial charge in [-0.05, 0) is 43.7 Å². The smallest absolute Gasteiger partial charge is 0.179 e. The molecular formula is C19H22N4O2S. The molecule has 3 rings (SSSR count). The van der Waals surface area contributed by atoms with Crippen molar-refractivity contribution in [1.29, 1.82) is 0 Å². The average molecular weight is 370 g/mol. The van der Waals surface area contributed by atoms with E-state index in [-0.39, 0.29) is 17.8 Å². The summed E-state index contributed by atoms with van der Waals surface area (Å²) in [6, 6.07) is 16.3. The summed E-state index contributed by atoms with van der Waals surface area (Å²) in [5, 5.41) is 7.51. The molecule has 1 N–H and O–H groups in total. The lowest BCUT2D eigenvalue weighted by atomic mass is 10.1. The van der Waals surface area contributed by atoms with Crippen LogP contribution in [0.25, 0.3) is 5.69 Å². The zero-order valence-electron chi connectivity index (χ0n) is 14.8. The minimum Gasteiger partial charge on any atom is -0.307 e. The van der Waals surface area contributed by atoms with E-state index in [1.54, 1.807) is 35.3 Å². The van der Waals surface area contributed by atoms with Crippen LogP contribution in [0.2, 0.25) is 0 Å². The molecule has 0 fully saturated rings. The second-order valence-corrected chi connectivity index (χ2v) is 8.35. The molecule has 0 bridgehead atoms. The fraction of sp³-hybridized carbons (Fsp3) is 0.263. The molecule has 0 aliphatic heterocycles. The molecule has 1 heterocycles. The molecular weight excluding hydrogens is 348 g/mol. The Hall–Kier alpha value is -2.51. The van der Waals surface area contributed by atoms with Crippen LogP contribution in [-0.2, 0) is 9.84 Å². The van der Waals surface area contributed by atoms with Gasteiger partial charge in [-0.3, -0.25) is 0 Å². The van der Waals surface area contributed by atoms with Gasteiger partial charge in [0.05, 0.1) is 16.3 Å². The van der Waals surface area contributed by atoms with E-state index in [2.05, 4.69) is 15.4 Å². The molecule has 6 nitrogen and oxygen atoms in total. The summed E-state index contributed by atoms with van der Waals surface area (Å²) in [5.41, 5.74) is 1.97. The summed E-state index contributed by atoms with van der Waals surface area (Å²) in [4.78, 5) is 4.32. The van der Waals surface area contributed by atoms with Gasteiger partial charge in [0, 0.05) is 12.1 Å². The number of nitrogens with one attached hydrogen (secondary N) is 1. The maximum atomic E-state index is 12.5. The quantitative estimate of drug-likeness (QED) is 0.692. The van der Waals surface area contributed by atoms with Crippen LogP contribution >= 0.6 is 0 Å². The van der Waals surface area contributed by atoms with E-state index in [9.17, 15) is 8.42 Å². The number of hydrogen-bond acceptors (Lipinski definition) is 5. The van der Waals surface area contributed by atoms with Crippen molar-refractivity contribution in [2.45, 2.75) is 30.8 Å². The molecule has 0 saturated carbocycles. The molecule has 3 aromatic rings. The van der Waals surface area contributed by atoms with Gasteiger partial charge < -0.3 is 5.32 Å². The molecule has 136 valence electrons. The number of rotatable bonds is 7. The van der Waals surface area contributed by atoms with Gasteiger partial charge in [0.25, 0.3) is 0 Å². The van der Waals surface area contributed by atoms with Gasteiger partial charge in [0.2, 0.25) is 0 Å². The highest BCUT2D eigenvalue weighted by Gasteiger charge is 2.20. The Morgan fingerprint density at radius 3 is 2.54 bits per heavy atom. The van der Waals surface area contributed by atoms with Gasteiger partial charge in [-0.1, -0.05) is 30.3 Å². The van der Waals surface area contributed by atoms with Gasteiger partial charge >= 0.3 is 0 Å². The lowest BCUT2D eigenvalue weighted by Crippen LogP contribution is -2.35. The predicted octanol–water partition coefficient (Wildman–Crippen LogP) is 2.78. The van der Waals surface area contributed by atoms with E-state index in [1.165, 1.54) is 6.33 Å². The molecule has 7 heteroatoms. The van der Waals surface area contributed by atoms with Crippen LogP contribution in [0.5, 0.6) is 0 Å². The Labute approximate surface area is 153 Å². The fourth-order valence-electron chi connectivity index (χ4n) is 2.90. The molecule has 0 saturated heterocycles. The van der Waals surface area contributed by atoms with Gasteiger partial charge in [-0.2, -0.15) is 5.10 Å². The Bertz CT molecular complexity index is 941. The summed E-state index contributed by atoms with van der Waals surface area (Å²) >= 11 is 0. The molecule has 0 spiro atoms. The summed E-state index contributed by atoms with van der Waals surface area (Å²) in [5.74, 6) is 0.0458. The lowest BCUT2D eigenvalue weighted by molar-refractivity contribution is 0.499. The second-order valence-electron chi connectivity index (χ2n) is 6.32. The van der Waals surface area contributed by atoms with Crippen molar-refractivity contribution in [3.05, 3.63) is 72.8 Å². The maximum absolute atomic E-state index is 12.5. The molecule has 26 heavy (non-hydrogen) atoms. The van der Waals surface area contributed by atoms with Crippen LogP contribution in [0, 0.1) is 0 Å². The van der Waals surface area contributed by atoms with Gasteiger partial charge in [0.15, 0.2) is 9.84 Å². The topological polar surface area (TPSA) is 76.9 Å². The first-order valence-electron chi connectivity index (χ1n) is 8.44. The van der Waals surface area contributed by atoms with Crippen molar-refractivity contribution < 1.29 is 8.42 Å². The Kier molecular flexibility index (Phi) is 5.49. The fourth-order valence-corrected chi connectivity index (χ4v) is 4.42. The summed E-state index contributed by atoms with van der Waals surface area (Å²) < 4.78 is 26.7. The number of benzene rings is 2. The Balaban J connectivity index is 1.68. The van der Waals surface area contributed by atoms with Crippen LogP contribution < -0.4 is 5.32 Å². The molecule has 0 amide bonds. The van der Waals surface area contributed by atoms with E-state index in [1.807, 2.05) is 44.2 Å². The second kappa shape index (κ2) is 7.80. The third kappa shape index (κ3) is 4.36. The van der Waals surface area contributed by atoms with Crippen LogP contribution in [-0.4, -0.2) is 35.0 Å². The van der Waals surface area contributed by atoms with E-state index < -0.39 is 9.84 Å². The number of sulfone groups is 1. The largest absolute Gasteiger partial charge is 0.307 e. The zero-order valence-corrected chi connectivity index (χ0v) is 15.6. The van der Waals surface area contributed by atoms with Crippen LogP contribution in [0.15, 0.2) is 72.1 Å². The number of aromatic nitrogens is 3. The number of hydrogen-bond donors (Lipinski definition) is 1. The summed E-state index contributed by atoms with van der Waals surface area (Å²) in [6.07, 6.45) is 3.14. The van der Waals surface area contributed by atoms with Crippen LogP contribution in [0.3, 0.4) is 0 Å². The highest BCUT2D eigenvalue weighted by atomic mass is 32.2. The van der Waals surface area contributed by atoms with E-state index in [0.717, 1.165) is 11.3 Å². The Morgan fingerprint density at radius 2 is 1.85 bits per heavy atom. The lowest BCUT2D eigenvalue weighted by Gasteiger charge is -2.21. The van der Waals surface area contributed by atoms with Crippen LogP contribution in [0.4, 0.5) is 0 Å². The van der Waals surface area contributed by atoms with Crippen molar-refractivity contribution in [2.24, 2.45) is 0 Å². The third-order valence-corrected chi connectivity index (χ3v) is 6.09. The molecule has 0 aliphatic rings. The monoisotopic (exact) mass is 370 g/mol. The molecule has 2 atom stereocenters. The Morgan fingerprint density at radius 1 is 1.08 bits per heavy atom. The van der Waals surface area contributed by atoms with Gasteiger partial charge in [-0.15, -0.1) is 0 Å². The zero-order chi connectivity index (χ0) is 18.6. The summed E-state index contributed by atoms with van der Waals surface area (Å²) in [6.45, 7) is 3.91. The van der Waals surface area contributed by atoms with Crippen molar-refractivity contribution in [3.63, 3.8) is 0 Å². The minimum absolute atomic E-state index is 0.000514. The molecule has 2 aromatic carbocycles. The minimum atomic E-state index is -3.32. The average Bonchev–Trinajstić information content (AvgIpc) is 3.17. The molecule has 0 radical (unpaired) electrons. The van der Waals surface area contributed by atoms with Gasteiger partial charge in [-0.25, -0.2) is 18.1 Å². The van der Waals surface area contributed by atoms with Crippen molar-refractivity contribution >= 4 is 9.84 Å². The summed E-state index contributed by atoms with van der Waals surface area (Å²) in [7, 11) is -3.32. The van der Waals surface area contributed by atoms with E-state index in [4.69, 9.17) is 0 Å². The first-order valence-corrected chi connectivity index (χ1v) is 10.1. The standard InChI is InChI=1S/C19H22N4O2S/c1-15(12-26(24,25)19-9-4-3-5-10-19)22-16(2)17-7-6-8-18(11-17)23-14-20-13-21-23/h3-11,13-16,22H,12H2,1-2H3/t15-,16-/m1/s1. The predicted molar refractivity (Wildman–Crippen MR) is 101 cm³/mol. The first-order chi connectivity index (χ1) is 12.5. The van der Waals surface area contributed by atoms with E-state index in [0.29, 0.717) is 4.90 Å². The maximum Gasteiger partial charge on any atom is 0.179 e. The highest BCUT2D eigenvalue weighted by Crippen LogP contribution is 2.18. The van der Waals surface area contributed by atoms with Gasteiger partial charge in [0.1, 0.15) is 12.7 Å². The normalized spacial score (nSPS) is 14.1. The van der Waals surface area contributed by atoms with Crippen molar-refractivity contribution in [1.82, 2.24) is 20.1 Å². The number of nitrogens with zero attached hydrogens (tertiary/aromatic N) is 3. The van der Waals surface area contributed by atoms with Crippen molar-refractivity contribution in [3.8, 4) is 5.69 Å². The van der Waals surface area contributed by atoms with E-state index >= 15 is 0 Å². The molecule has 1 aromatic heterocycles.